The predicted molar refractivity (Wildman–Crippen MR) is 100 cm³/mol. The Morgan fingerprint density at radius 1 is 1.18 bits per heavy atom. The largest absolute Gasteiger partial charge is 0.475 e. The van der Waals surface area contributed by atoms with Gasteiger partial charge in [0.25, 0.3) is 5.56 Å². The number of ether oxygens (including phenoxy) is 2. The fraction of sp³-hybridized carbons (Fsp3) is 0.211. The van der Waals surface area contributed by atoms with E-state index in [9.17, 15) is 19.7 Å². The molecule has 0 N–H and O–H groups in total. The minimum absolute atomic E-state index is 0.0183. The number of carbonyl (C=O) groups excluding carboxylic acids is 1. The molecule has 0 fully saturated rings. The summed E-state index contributed by atoms with van der Waals surface area (Å²) in [4.78, 5) is 39.1. The van der Waals surface area contributed by atoms with Crippen LogP contribution in [-0.4, -0.2) is 33.7 Å². The Labute approximate surface area is 159 Å². The third-order valence-corrected chi connectivity index (χ3v) is 4.04. The maximum Gasteiger partial charge on any atom is 0.344 e. The zero-order valence-electron chi connectivity index (χ0n) is 15.0. The highest BCUT2D eigenvalue weighted by Gasteiger charge is 2.15. The number of carbonyl (C=O) groups is 1. The van der Waals surface area contributed by atoms with E-state index in [1.807, 2.05) is 0 Å². The molecule has 3 rings (SSSR count). The number of aromatic nitrogens is 2. The summed E-state index contributed by atoms with van der Waals surface area (Å²) in [7, 11) is 0. The molecular formula is C19H17N3O6. The van der Waals surface area contributed by atoms with Crippen LogP contribution in [0.3, 0.4) is 0 Å². The summed E-state index contributed by atoms with van der Waals surface area (Å²) < 4.78 is 11.7. The SMILES string of the molecule is Cc1nc2ccccc2c(=O)n1CCOC(=O)COc1ccccc1[N+](=O)[O-]. The standard InChI is InChI=1S/C19H17N3O6/c1-13-20-15-7-3-2-6-14(15)19(24)21(13)10-11-27-18(23)12-28-17-9-5-4-8-16(17)22(25)26/h2-9H,10-12H2,1H3. The van der Waals surface area contributed by atoms with Crippen LogP contribution in [0.4, 0.5) is 5.69 Å². The number of para-hydroxylation sites is 3. The minimum Gasteiger partial charge on any atom is -0.475 e. The highest BCUT2D eigenvalue weighted by atomic mass is 16.6. The highest BCUT2D eigenvalue weighted by molar-refractivity contribution is 5.77. The van der Waals surface area contributed by atoms with Crippen molar-refractivity contribution in [3.05, 3.63) is 74.8 Å². The minimum atomic E-state index is -0.697. The first kappa shape index (κ1) is 19.0. The molecule has 0 radical (unpaired) electrons. The zero-order chi connectivity index (χ0) is 20.1. The zero-order valence-corrected chi connectivity index (χ0v) is 15.0. The molecule has 28 heavy (non-hydrogen) atoms. The Kier molecular flexibility index (Phi) is 5.64. The smallest absolute Gasteiger partial charge is 0.344 e. The maximum absolute atomic E-state index is 12.5. The molecule has 0 saturated carbocycles. The number of hydrogen-bond acceptors (Lipinski definition) is 7. The molecule has 0 aliphatic carbocycles. The van der Waals surface area contributed by atoms with Gasteiger partial charge in [0.1, 0.15) is 12.4 Å². The van der Waals surface area contributed by atoms with Gasteiger partial charge in [-0.3, -0.25) is 19.5 Å². The van der Waals surface area contributed by atoms with Crippen LogP contribution >= 0.6 is 0 Å². The Hall–Kier alpha value is -3.75. The molecule has 0 spiro atoms. The van der Waals surface area contributed by atoms with Crippen molar-refractivity contribution in [3.8, 4) is 5.75 Å². The average molecular weight is 383 g/mol. The number of rotatable bonds is 7. The van der Waals surface area contributed by atoms with E-state index in [2.05, 4.69) is 4.98 Å². The molecule has 0 unspecified atom stereocenters. The van der Waals surface area contributed by atoms with Crippen molar-refractivity contribution in [2.75, 3.05) is 13.2 Å². The van der Waals surface area contributed by atoms with Crippen molar-refractivity contribution in [2.45, 2.75) is 13.5 Å². The third-order valence-electron chi connectivity index (χ3n) is 4.04. The number of nitrogens with zero attached hydrogens (tertiary/aromatic N) is 3. The molecule has 1 aromatic heterocycles. The number of benzene rings is 2. The van der Waals surface area contributed by atoms with Crippen LogP contribution in [0.15, 0.2) is 53.3 Å². The maximum atomic E-state index is 12.5. The third kappa shape index (κ3) is 4.14. The second-order valence-electron chi connectivity index (χ2n) is 5.87. The summed E-state index contributed by atoms with van der Waals surface area (Å²) in [6.07, 6.45) is 0. The number of nitro groups is 1. The summed E-state index contributed by atoms with van der Waals surface area (Å²) in [5.74, 6) is -0.205. The molecule has 9 heteroatoms. The fourth-order valence-electron chi connectivity index (χ4n) is 2.70. The van der Waals surface area contributed by atoms with Crippen LogP contribution in [0.1, 0.15) is 5.82 Å². The summed E-state index contributed by atoms with van der Waals surface area (Å²) in [5.41, 5.74) is 0.158. The van der Waals surface area contributed by atoms with Gasteiger partial charge in [0.2, 0.25) is 0 Å². The molecule has 0 saturated heterocycles. The molecule has 0 aliphatic heterocycles. The summed E-state index contributed by atoms with van der Waals surface area (Å²) >= 11 is 0. The molecule has 0 bridgehead atoms. The Morgan fingerprint density at radius 2 is 1.89 bits per heavy atom. The lowest BCUT2D eigenvalue weighted by atomic mass is 10.2. The average Bonchev–Trinajstić information content (AvgIpc) is 2.69. The van der Waals surface area contributed by atoms with E-state index in [-0.39, 0.29) is 30.1 Å². The van der Waals surface area contributed by atoms with Gasteiger partial charge in [-0.1, -0.05) is 24.3 Å². The van der Waals surface area contributed by atoms with Crippen molar-refractivity contribution in [1.29, 1.82) is 0 Å². The molecule has 3 aromatic rings. The Bertz CT molecular complexity index is 1090. The number of fused-ring (bicyclic) bond motifs is 1. The van der Waals surface area contributed by atoms with Crippen LogP contribution < -0.4 is 10.3 Å². The van der Waals surface area contributed by atoms with Crippen LogP contribution in [-0.2, 0) is 16.1 Å². The van der Waals surface area contributed by atoms with Gasteiger partial charge in [-0.15, -0.1) is 0 Å². The first-order valence-electron chi connectivity index (χ1n) is 8.45. The van der Waals surface area contributed by atoms with E-state index in [4.69, 9.17) is 9.47 Å². The van der Waals surface area contributed by atoms with Gasteiger partial charge in [-0.05, 0) is 25.1 Å². The number of hydrogen-bond donors (Lipinski definition) is 0. The second kappa shape index (κ2) is 8.30. The van der Waals surface area contributed by atoms with E-state index < -0.39 is 17.5 Å². The Balaban J connectivity index is 1.59. The van der Waals surface area contributed by atoms with E-state index in [1.54, 1.807) is 37.3 Å². The second-order valence-corrected chi connectivity index (χ2v) is 5.87. The van der Waals surface area contributed by atoms with Gasteiger partial charge in [0.15, 0.2) is 12.4 Å². The van der Waals surface area contributed by atoms with E-state index >= 15 is 0 Å². The topological polar surface area (TPSA) is 114 Å². The van der Waals surface area contributed by atoms with E-state index in [0.29, 0.717) is 16.7 Å². The monoisotopic (exact) mass is 383 g/mol. The lowest BCUT2D eigenvalue weighted by Gasteiger charge is -2.11. The van der Waals surface area contributed by atoms with E-state index in [1.165, 1.54) is 22.8 Å². The van der Waals surface area contributed by atoms with Gasteiger partial charge in [0, 0.05) is 6.07 Å². The normalized spacial score (nSPS) is 10.6. The van der Waals surface area contributed by atoms with Crippen molar-refractivity contribution in [1.82, 2.24) is 9.55 Å². The lowest BCUT2D eigenvalue weighted by Crippen LogP contribution is -2.27. The molecule has 144 valence electrons. The number of nitro benzene ring substituents is 1. The van der Waals surface area contributed by atoms with Crippen molar-refractivity contribution in [2.24, 2.45) is 0 Å². The molecule has 0 atom stereocenters. The predicted octanol–water partition coefficient (Wildman–Crippen LogP) is 2.24. The molecule has 0 amide bonds. The van der Waals surface area contributed by atoms with Gasteiger partial charge < -0.3 is 9.47 Å². The Morgan fingerprint density at radius 3 is 2.68 bits per heavy atom. The van der Waals surface area contributed by atoms with Gasteiger partial charge >= 0.3 is 11.7 Å². The summed E-state index contributed by atoms with van der Waals surface area (Å²) in [5, 5.41) is 11.4. The highest BCUT2D eigenvalue weighted by Crippen LogP contribution is 2.25. The molecule has 2 aromatic carbocycles. The first-order valence-corrected chi connectivity index (χ1v) is 8.45. The van der Waals surface area contributed by atoms with E-state index in [0.717, 1.165) is 0 Å². The molecular weight excluding hydrogens is 366 g/mol. The van der Waals surface area contributed by atoms with Crippen molar-refractivity contribution in [3.63, 3.8) is 0 Å². The van der Waals surface area contributed by atoms with Crippen LogP contribution in [0.5, 0.6) is 5.75 Å². The van der Waals surface area contributed by atoms with Gasteiger partial charge in [0.05, 0.1) is 22.4 Å². The number of aryl methyl sites for hydroxylation is 1. The molecule has 9 nitrogen and oxygen atoms in total. The first-order chi connectivity index (χ1) is 13.5. The number of esters is 1. The van der Waals surface area contributed by atoms with Crippen LogP contribution in [0.2, 0.25) is 0 Å². The molecule has 0 aliphatic rings. The van der Waals surface area contributed by atoms with Gasteiger partial charge in [-0.2, -0.15) is 0 Å². The fourth-order valence-corrected chi connectivity index (χ4v) is 2.70. The van der Waals surface area contributed by atoms with Crippen LogP contribution in [0.25, 0.3) is 10.9 Å². The lowest BCUT2D eigenvalue weighted by molar-refractivity contribution is -0.385. The molecule has 1 heterocycles. The van der Waals surface area contributed by atoms with Crippen molar-refractivity contribution < 1.29 is 19.2 Å². The quantitative estimate of drug-likeness (QED) is 0.349. The summed E-state index contributed by atoms with van der Waals surface area (Å²) in [6.45, 7) is 1.31. The van der Waals surface area contributed by atoms with Crippen molar-refractivity contribution >= 4 is 22.6 Å². The van der Waals surface area contributed by atoms with Gasteiger partial charge in [-0.25, -0.2) is 9.78 Å². The summed E-state index contributed by atoms with van der Waals surface area (Å²) in [6, 6.07) is 12.7. The van der Waals surface area contributed by atoms with Crippen LogP contribution in [0, 0.1) is 17.0 Å².